The van der Waals surface area contributed by atoms with Gasteiger partial charge in [-0.2, -0.15) is 0 Å². The van der Waals surface area contributed by atoms with E-state index in [1.54, 1.807) is 7.11 Å². The van der Waals surface area contributed by atoms with Gasteiger partial charge in [-0.25, -0.2) is 15.0 Å². The highest BCUT2D eigenvalue weighted by Crippen LogP contribution is 2.22. The normalized spacial score (nSPS) is 17.9. The summed E-state index contributed by atoms with van der Waals surface area (Å²) in [6.45, 7) is 5.97. The molecule has 1 unspecified atom stereocenters. The van der Waals surface area contributed by atoms with Gasteiger partial charge in [0.2, 0.25) is 5.88 Å². The number of imidazole rings is 1. The van der Waals surface area contributed by atoms with Gasteiger partial charge < -0.3 is 18.9 Å². The number of aromatic nitrogens is 4. The summed E-state index contributed by atoms with van der Waals surface area (Å²) in [6.07, 6.45) is 5.40. The van der Waals surface area contributed by atoms with Crippen LogP contribution in [0.3, 0.4) is 0 Å². The van der Waals surface area contributed by atoms with Crippen LogP contribution < -0.4 is 9.64 Å². The fourth-order valence-corrected chi connectivity index (χ4v) is 2.72. The van der Waals surface area contributed by atoms with Crippen LogP contribution >= 0.6 is 0 Å². The van der Waals surface area contributed by atoms with Crippen molar-refractivity contribution in [1.29, 1.82) is 0 Å². The lowest BCUT2D eigenvalue weighted by molar-refractivity contribution is 0.107. The number of ether oxygens (including phenoxy) is 2. The molecule has 118 valence electrons. The Morgan fingerprint density at radius 2 is 2.18 bits per heavy atom. The van der Waals surface area contributed by atoms with E-state index in [0.717, 1.165) is 44.5 Å². The van der Waals surface area contributed by atoms with Crippen LogP contribution in [0.15, 0.2) is 24.8 Å². The number of nitrogens with zero attached hydrogens (tertiary/aromatic N) is 5. The average Bonchev–Trinajstić information content (AvgIpc) is 2.91. The molecular weight excluding hydrogens is 282 g/mol. The van der Waals surface area contributed by atoms with Crippen molar-refractivity contribution in [1.82, 2.24) is 19.5 Å². The predicted molar refractivity (Wildman–Crippen MR) is 81.8 cm³/mol. The maximum absolute atomic E-state index is 5.63. The van der Waals surface area contributed by atoms with Crippen molar-refractivity contribution in [2.75, 3.05) is 31.8 Å². The highest BCUT2D eigenvalue weighted by molar-refractivity contribution is 5.41. The van der Waals surface area contributed by atoms with E-state index in [1.807, 2.05) is 25.4 Å². The van der Waals surface area contributed by atoms with Crippen LogP contribution in [0.5, 0.6) is 5.88 Å². The molecule has 22 heavy (non-hydrogen) atoms. The molecule has 2 aromatic heterocycles. The fourth-order valence-electron chi connectivity index (χ4n) is 2.72. The molecular formula is C15H21N5O2. The maximum atomic E-state index is 5.63. The number of hydrogen-bond donors (Lipinski definition) is 0. The van der Waals surface area contributed by atoms with Crippen molar-refractivity contribution >= 4 is 5.82 Å². The summed E-state index contributed by atoms with van der Waals surface area (Å²) >= 11 is 0. The van der Waals surface area contributed by atoms with E-state index in [4.69, 9.17) is 9.47 Å². The van der Waals surface area contributed by atoms with E-state index >= 15 is 0 Å². The van der Waals surface area contributed by atoms with Gasteiger partial charge in [-0.15, -0.1) is 0 Å². The molecule has 0 aliphatic carbocycles. The molecule has 7 nitrogen and oxygen atoms in total. The summed E-state index contributed by atoms with van der Waals surface area (Å²) in [7, 11) is 1.61. The first-order valence-electron chi connectivity index (χ1n) is 7.49. The third-order valence-electron chi connectivity index (χ3n) is 3.79. The zero-order valence-electron chi connectivity index (χ0n) is 13.0. The Labute approximate surface area is 129 Å². The third kappa shape index (κ3) is 3.19. The Balaban J connectivity index is 1.85. The molecule has 0 saturated heterocycles. The summed E-state index contributed by atoms with van der Waals surface area (Å²) < 4.78 is 13.0. The van der Waals surface area contributed by atoms with Crippen molar-refractivity contribution in [3.63, 3.8) is 0 Å². The van der Waals surface area contributed by atoms with Crippen molar-refractivity contribution < 1.29 is 9.47 Å². The monoisotopic (exact) mass is 303 g/mol. The summed E-state index contributed by atoms with van der Waals surface area (Å²) in [5.74, 6) is 2.84. The minimum Gasteiger partial charge on any atom is -0.481 e. The van der Waals surface area contributed by atoms with Crippen LogP contribution in [0, 0.1) is 5.92 Å². The number of rotatable bonds is 5. The molecule has 0 bridgehead atoms. The Bertz CT molecular complexity index is 615. The molecule has 0 saturated carbocycles. The van der Waals surface area contributed by atoms with E-state index in [1.165, 1.54) is 6.33 Å². The molecule has 1 atom stereocenters. The van der Waals surface area contributed by atoms with Gasteiger partial charge in [0, 0.05) is 44.1 Å². The smallest absolute Gasteiger partial charge is 0.218 e. The van der Waals surface area contributed by atoms with Crippen molar-refractivity contribution in [2.24, 2.45) is 5.92 Å². The second-order valence-corrected chi connectivity index (χ2v) is 5.32. The number of methoxy groups -OCH3 is 1. The molecule has 0 spiro atoms. The summed E-state index contributed by atoms with van der Waals surface area (Å²) in [4.78, 5) is 15.1. The number of anilines is 1. The predicted octanol–water partition coefficient (Wildman–Crippen LogP) is 1.35. The minimum atomic E-state index is 0.386. The van der Waals surface area contributed by atoms with Gasteiger partial charge in [-0.3, -0.25) is 0 Å². The molecule has 3 heterocycles. The van der Waals surface area contributed by atoms with Gasteiger partial charge in [0.25, 0.3) is 0 Å². The van der Waals surface area contributed by atoms with Gasteiger partial charge in [0.15, 0.2) is 0 Å². The van der Waals surface area contributed by atoms with Crippen molar-refractivity contribution in [3.05, 3.63) is 30.6 Å². The SMILES string of the molecule is CCOCC1CN(c2cc(OC)ncn2)Cc2nccn2C1. The van der Waals surface area contributed by atoms with Crippen LogP contribution in [0.4, 0.5) is 5.82 Å². The van der Waals surface area contributed by atoms with Gasteiger partial charge in [0.05, 0.1) is 20.3 Å². The van der Waals surface area contributed by atoms with Crippen LogP contribution in [-0.4, -0.2) is 46.4 Å². The molecule has 0 N–H and O–H groups in total. The van der Waals surface area contributed by atoms with Gasteiger partial charge in [-0.05, 0) is 6.92 Å². The third-order valence-corrected chi connectivity index (χ3v) is 3.79. The van der Waals surface area contributed by atoms with E-state index in [9.17, 15) is 0 Å². The quantitative estimate of drug-likeness (QED) is 0.831. The first-order valence-corrected chi connectivity index (χ1v) is 7.49. The van der Waals surface area contributed by atoms with Crippen LogP contribution in [0.2, 0.25) is 0 Å². The van der Waals surface area contributed by atoms with E-state index in [2.05, 4.69) is 24.4 Å². The maximum Gasteiger partial charge on any atom is 0.218 e. The standard InChI is InChI=1S/C15H21N5O2/c1-3-22-10-12-7-19-5-4-16-14(19)9-20(8-12)13-6-15(21-2)18-11-17-13/h4-6,11-12H,3,7-10H2,1-2H3. The lowest BCUT2D eigenvalue weighted by Gasteiger charge is -2.24. The van der Waals surface area contributed by atoms with E-state index in [-0.39, 0.29) is 0 Å². The lowest BCUT2D eigenvalue weighted by Crippen LogP contribution is -2.31. The Morgan fingerprint density at radius 1 is 1.27 bits per heavy atom. The molecule has 0 fully saturated rings. The molecule has 0 radical (unpaired) electrons. The number of fused-ring (bicyclic) bond motifs is 1. The molecule has 1 aliphatic rings. The fraction of sp³-hybridized carbons (Fsp3) is 0.533. The first kappa shape index (κ1) is 14.8. The number of hydrogen-bond acceptors (Lipinski definition) is 6. The molecule has 1 aliphatic heterocycles. The van der Waals surface area contributed by atoms with Crippen molar-refractivity contribution in [2.45, 2.75) is 20.0 Å². The minimum absolute atomic E-state index is 0.386. The highest BCUT2D eigenvalue weighted by Gasteiger charge is 2.23. The highest BCUT2D eigenvalue weighted by atomic mass is 16.5. The van der Waals surface area contributed by atoms with Crippen molar-refractivity contribution in [3.8, 4) is 5.88 Å². The first-order chi connectivity index (χ1) is 10.8. The Morgan fingerprint density at radius 3 is 3.00 bits per heavy atom. The van der Waals surface area contributed by atoms with Crippen LogP contribution in [-0.2, 0) is 17.8 Å². The molecule has 0 aromatic carbocycles. The Hall–Kier alpha value is -2.15. The van der Waals surface area contributed by atoms with E-state index in [0.29, 0.717) is 11.8 Å². The zero-order valence-corrected chi connectivity index (χ0v) is 13.0. The second kappa shape index (κ2) is 6.74. The summed E-state index contributed by atoms with van der Waals surface area (Å²) in [6, 6.07) is 1.86. The molecule has 2 aromatic rings. The average molecular weight is 303 g/mol. The van der Waals surface area contributed by atoms with Gasteiger partial charge in [0.1, 0.15) is 18.0 Å². The molecule has 0 amide bonds. The van der Waals surface area contributed by atoms with Gasteiger partial charge in [-0.1, -0.05) is 0 Å². The summed E-state index contributed by atoms with van der Waals surface area (Å²) in [5.41, 5.74) is 0. The van der Waals surface area contributed by atoms with Crippen LogP contribution in [0.1, 0.15) is 12.7 Å². The second-order valence-electron chi connectivity index (χ2n) is 5.32. The molecule has 3 rings (SSSR count). The van der Waals surface area contributed by atoms with E-state index < -0.39 is 0 Å². The van der Waals surface area contributed by atoms with Gasteiger partial charge >= 0.3 is 0 Å². The largest absolute Gasteiger partial charge is 0.481 e. The lowest BCUT2D eigenvalue weighted by atomic mass is 10.1. The summed E-state index contributed by atoms with van der Waals surface area (Å²) in [5, 5.41) is 0. The topological polar surface area (TPSA) is 65.3 Å². The molecule has 7 heteroatoms. The Kier molecular flexibility index (Phi) is 4.53. The van der Waals surface area contributed by atoms with Crippen LogP contribution in [0.25, 0.3) is 0 Å². The zero-order chi connectivity index (χ0) is 15.4.